The molecule has 0 unspecified atom stereocenters. The average Bonchev–Trinajstić information content (AvgIpc) is 2.44. The van der Waals surface area contributed by atoms with Crippen molar-refractivity contribution in [1.82, 2.24) is 10.7 Å². The van der Waals surface area contributed by atoms with Crippen molar-refractivity contribution in [2.24, 2.45) is 5.10 Å². The molecule has 0 spiro atoms. The smallest absolute Gasteiger partial charge is 0.187 e. The van der Waals surface area contributed by atoms with Crippen molar-refractivity contribution in [2.45, 2.75) is 46.1 Å². The van der Waals surface area contributed by atoms with Gasteiger partial charge in [0.1, 0.15) is 5.82 Å². The molecule has 0 fully saturated rings. The van der Waals surface area contributed by atoms with Crippen LogP contribution in [-0.2, 0) is 6.54 Å². The van der Waals surface area contributed by atoms with Gasteiger partial charge in [-0.3, -0.25) is 5.43 Å². The van der Waals surface area contributed by atoms with Crippen LogP contribution in [0.3, 0.4) is 0 Å². The standard InChI is InChI=1S/C15H22FN3S/c1-3-5-14(6-4-2)18-19-15(20)17-11-12-7-9-13(16)10-8-12/h7-10H,3-6,11H2,1-2H3,(H2,17,19,20). The van der Waals surface area contributed by atoms with E-state index in [0.29, 0.717) is 11.7 Å². The maximum atomic E-state index is 12.8. The maximum absolute atomic E-state index is 12.8. The summed E-state index contributed by atoms with van der Waals surface area (Å²) >= 11 is 5.16. The molecule has 0 bridgehead atoms. The fourth-order valence-electron chi connectivity index (χ4n) is 1.77. The molecule has 1 aromatic rings. The van der Waals surface area contributed by atoms with Gasteiger partial charge in [0.05, 0.1) is 0 Å². The summed E-state index contributed by atoms with van der Waals surface area (Å²) in [7, 11) is 0. The summed E-state index contributed by atoms with van der Waals surface area (Å²) in [4.78, 5) is 0. The van der Waals surface area contributed by atoms with Crippen LogP contribution in [-0.4, -0.2) is 10.8 Å². The number of nitrogens with zero attached hydrogens (tertiary/aromatic N) is 1. The Balaban J connectivity index is 2.38. The second-order valence-corrected chi connectivity index (χ2v) is 5.01. The first-order chi connectivity index (χ1) is 9.65. The highest BCUT2D eigenvalue weighted by atomic mass is 32.1. The van der Waals surface area contributed by atoms with Crippen molar-refractivity contribution in [3.8, 4) is 0 Å². The number of hydrazone groups is 1. The van der Waals surface area contributed by atoms with E-state index >= 15 is 0 Å². The summed E-state index contributed by atoms with van der Waals surface area (Å²) in [5.74, 6) is -0.233. The van der Waals surface area contributed by atoms with Gasteiger partial charge in [0.25, 0.3) is 0 Å². The minimum absolute atomic E-state index is 0.233. The number of halogens is 1. The van der Waals surface area contributed by atoms with Gasteiger partial charge < -0.3 is 5.32 Å². The third-order valence-electron chi connectivity index (χ3n) is 2.76. The van der Waals surface area contributed by atoms with Crippen molar-refractivity contribution >= 4 is 23.0 Å². The predicted octanol–water partition coefficient (Wildman–Crippen LogP) is 3.75. The van der Waals surface area contributed by atoms with Gasteiger partial charge in [-0.15, -0.1) is 0 Å². The summed E-state index contributed by atoms with van der Waals surface area (Å²) in [5.41, 5.74) is 4.98. The van der Waals surface area contributed by atoms with Crippen LogP contribution in [0.15, 0.2) is 29.4 Å². The molecular weight excluding hydrogens is 273 g/mol. The second-order valence-electron chi connectivity index (χ2n) is 4.60. The van der Waals surface area contributed by atoms with Crippen LogP contribution in [0.5, 0.6) is 0 Å². The molecule has 1 rings (SSSR count). The van der Waals surface area contributed by atoms with Gasteiger partial charge in [-0.05, 0) is 42.8 Å². The zero-order valence-electron chi connectivity index (χ0n) is 12.1. The largest absolute Gasteiger partial charge is 0.357 e. The van der Waals surface area contributed by atoms with E-state index in [1.54, 1.807) is 12.1 Å². The summed E-state index contributed by atoms with van der Waals surface area (Å²) < 4.78 is 12.8. The summed E-state index contributed by atoms with van der Waals surface area (Å²) in [6.07, 6.45) is 4.13. The molecular formula is C15H22FN3S. The number of hydrogen-bond donors (Lipinski definition) is 2. The molecule has 20 heavy (non-hydrogen) atoms. The molecule has 0 saturated heterocycles. The van der Waals surface area contributed by atoms with Gasteiger partial charge in [0.2, 0.25) is 0 Å². The van der Waals surface area contributed by atoms with Crippen LogP contribution < -0.4 is 10.7 Å². The molecule has 0 aliphatic rings. The molecule has 0 aliphatic heterocycles. The van der Waals surface area contributed by atoms with Crippen molar-refractivity contribution in [3.05, 3.63) is 35.6 Å². The molecule has 0 aliphatic carbocycles. The second kappa shape index (κ2) is 9.42. The van der Waals surface area contributed by atoms with Gasteiger partial charge in [-0.1, -0.05) is 38.8 Å². The Hall–Kier alpha value is -1.49. The Morgan fingerprint density at radius 1 is 1.15 bits per heavy atom. The zero-order chi connectivity index (χ0) is 14.8. The topological polar surface area (TPSA) is 36.4 Å². The molecule has 0 saturated carbocycles. The highest BCUT2D eigenvalue weighted by molar-refractivity contribution is 7.80. The fourth-order valence-corrected chi connectivity index (χ4v) is 1.89. The monoisotopic (exact) mass is 295 g/mol. The highest BCUT2D eigenvalue weighted by Gasteiger charge is 1.99. The van der Waals surface area contributed by atoms with Crippen molar-refractivity contribution in [2.75, 3.05) is 0 Å². The molecule has 0 aromatic heterocycles. The zero-order valence-corrected chi connectivity index (χ0v) is 12.9. The summed E-state index contributed by atoms with van der Waals surface area (Å²) in [6, 6.07) is 6.33. The summed E-state index contributed by atoms with van der Waals surface area (Å²) in [6.45, 7) is 4.82. The molecule has 5 heteroatoms. The highest BCUT2D eigenvalue weighted by Crippen LogP contribution is 2.02. The lowest BCUT2D eigenvalue weighted by Crippen LogP contribution is -2.32. The van der Waals surface area contributed by atoms with Crippen LogP contribution in [0.25, 0.3) is 0 Å². The predicted molar refractivity (Wildman–Crippen MR) is 86.2 cm³/mol. The van der Waals surface area contributed by atoms with Gasteiger partial charge >= 0.3 is 0 Å². The van der Waals surface area contributed by atoms with Crippen LogP contribution in [0.1, 0.15) is 45.1 Å². The quantitative estimate of drug-likeness (QED) is 0.457. The number of rotatable bonds is 7. The number of nitrogens with one attached hydrogen (secondary N) is 2. The van der Waals surface area contributed by atoms with Crippen molar-refractivity contribution in [3.63, 3.8) is 0 Å². The fraction of sp³-hybridized carbons (Fsp3) is 0.467. The lowest BCUT2D eigenvalue weighted by Gasteiger charge is -2.09. The van der Waals surface area contributed by atoms with Gasteiger partial charge in [0, 0.05) is 12.3 Å². The lowest BCUT2D eigenvalue weighted by atomic mass is 10.1. The molecule has 2 N–H and O–H groups in total. The van der Waals surface area contributed by atoms with E-state index in [-0.39, 0.29) is 5.82 Å². The van der Waals surface area contributed by atoms with E-state index in [1.165, 1.54) is 12.1 Å². The Morgan fingerprint density at radius 2 is 1.75 bits per heavy atom. The third-order valence-corrected chi connectivity index (χ3v) is 2.99. The van der Waals surface area contributed by atoms with Gasteiger partial charge in [0.15, 0.2) is 5.11 Å². The summed E-state index contributed by atoms with van der Waals surface area (Å²) in [5, 5.41) is 7.87. The molecule has 1 aromatic carbocycles. The minimum Gasteiger partial charge on any atom is -0.357 e. The SMILES string of the molecule is CCCC(CCC)=NNC(=S)NCc1ccc(F)cc1. The average molecular weight is 295 g/mol. The minimum atomic E-state index is -0.233. The van der Waals surface area contributed by atoms with E-state index in [1.807, 2.05) is 0 Å². The third kappa shape index (κ3) is 6.61. The first-order valence-corrected chi connectivity index (χ1v) is 7.40. The molecule has 110 valence electrons. The number of thiocarbonyl (C=S) groups is 1. The van der Waals surface area contributed by atoms with E-state index in [0.717, 1.165) is 37.0 Å². The van der Waals surface area contributed by atoms with E-state index in [9.17, 15) is 4.39 Å². The maximum Gasteiger partial charge on any atom is 0.187 e. The normalized spacial score (nSPS) is 9.95. The first kappa shape index (κ1) is 16.6. The van der Waals surface area contributed by atoms with Crippen LogP contribution >= 0.6 is 12.2 Å². The lowest BCUT2D eigenvalue weighted by molar-refractivity contribution is 0.626. The molecule has 0 heterocycles. The van der Waals surface area contributed by atoms with Crippen LogP contribution in [0, 0.1) is 5.82 Å². The van der Waals surface area contributed by atoms with Gasteiger partial charge in [-0.25, -0.2) is 4.39 Å². The molecule has 0 atom stereocenters. The Morgan fingerprint density at radius 3 is 2.30 bits per heavy atom. The molecule has 0 amide bonds. The first-order valence-electron chi connectivity index (χ1n) is 6.99. The Labute approximate surface area is 125 Å². The Kier molecular flexibility index (Phi) is 7.80. The molecule has 3 nitrogen and oxygen atoms in total. The molecule has 0 radical (unpaired) electrons. The van der Waals surface area contributed by atoms with Crippen LogP contribution in [0.2, 0.25) is 0 Å². The van der Waals surface area contributed by atoms with E-state index < -0.39 is 0 Å². The van der Waals surface area contributed by atoms with Crippen LogP contribution in [0.4, 0.5) is 4.39 Å². The van der Waals surface area contributed by atoms with E-state index in [4.69, 9.17) is 12.2 Å². The van der Waals surface area contributed by atoms with Crippen molar-refractivity contribution < 1.29 is 4.39 Å². The number of hydrogen-bond acceptors (Lipinski definition) is 2. The Bertz CT molecular complexity index is 435. The van der Waals surface area contributed by atoms with Gasteiger partial charge in [-0.2, -0.15) is 5.10 Å². The number of benzene rings is 1. The van der Waals surface area contributed by atoms with E-state index in [2.05, 4.69) is 29.7 Å². The van der Waals surface area contributed by atoms with Crippen molar-refractivity contribution in [1.29, 1.82) is 0 Å².